The summed E-state index contributed by atoms with van der Waals surface area (Å²) < 4.78 is 0. The van der Waals surface area contributed by atoms with Gasteiger partial charge in [-0.15, -0.1) is 0 Å². The fourth-order valence-electron chi connectivity index (χ4n) is 19.2. The summed E-state index contributed by atoms with van der Waals surface area (Å²) in [6.45, 7) is 0. The first-order valence-corrected chi connectivity index (χ1v) is 49.3. The lowest BCUT2D eigenvalue weighted by Crippen LogP contribution is -2.00. The molecule has 12 heterocycles. The van der Waals surface area contributed by atoms with Gasteiger partial charge >= 0.3 is 0 Å². The third kappa shape index (κ3) is 18.9. The summed E-state index contributed by atoms with van der Waals surface area (Å²) >= 11 is 0. The molecule has 0 N–H and O–H groups in total. The van der Waals surface area contributed by atoms with Crippen molar-refractivity contribution in [1.29, 1.82) is 0 Å². The molecule has 0 spiro atoms. The molecule has 150 heavy (non-hydrogen) atoms. The Morgan fingerprint density at radius 3 is 0.713 bits per heavy atom. The third-order valence-electron chi connectivity index (χ3n) is 26.5. The van der Waals surface area contributed by atoms with Gasteiger partial charge in [0.1, 0.15) is 0 Å². The minimum atomic E-state index is 0.583. The standard InChI is InChI=1S/C45H29N5.C44H28N6.C43H27N7/c1-4-12-30(13-5-1)40-21-20-34(29-48-40)35-24-36(39-27-33-18-10-22-46-43(33)44-38(39)19-11-23-47-44)26-37(25-35)45-49-41(31-14-6-2-7-15-31)28-42(50-45)32-16-8-3-9-17-32;1-3-11-31(12-4-1)42-48-43(32-13-5-2-6-14-32)50-44(49-42)36-26-34(29-18-20-30(21-19-29)39-17-7-8-22-45-39)25-35(27-36)38-28-33-15-9-23-46-40(33)41-37(38)16-10-24-47-41;1-3-10-29(11-4-1)41-48-42(30-12-5-2-6-13-30)50-43(49-41)35-25-33(28-16-18-31(19-17-28)40-46-22-9-23-47-40)24-34(26-35)37-27-32-14-7-20-44-38(32)39-36(37)15-8-21-45-39/h1-29H;1-28H;1-27H. The number of fused-ring (bicyclic) bond motifs is 9. The number of rotatable bonds is 18. The van der Waals surface area contributed by atoms with Crippen molar-refractivity contribution in [2.45, 2.75) is 0 Å². The lowest BCUT2D eigenvalue weighted by molar-refractivity contribution is 1.07. The Bertz CT molecular complexity index is 8590. The molecule has 0 radical (unpaired) electrons. The highest BCUT2D eigenvalue weighted by Crippen LogP contribution is 2.45. The normalized spacial score (nSPS) is 11.2. The zero-order valence-corrected chi connectivity index (χ0v) is 80.5. The van der Waals surface area contributed by atoms with Gasteiger partial charge in [0.05, 0.1) is 55.9 Å². The molecule has 0 aliphatic heterocycles. The molecule has 27 aromatic rings. The van der Waals surface area contributed by atoms with Crippen LogP contribution in [0.1, 0.15) is 0 Å². The summed E-state index contributed by atoms with van der Waals surface area (Å²) in [6, 6.07) is 153. The van der Waals surface area contributed by atoms with Crippen molar-refractivity contribution in [1.82, 2.24) is 89.7 Å². The quantitative estimate of drug-likeness (QED) is 0.0727. The lowest BCUT2D eigenvalue weighted by atomic mass is 9.92. The van der Waals surface area contributed by atoms with Gasteiger partial charge in [0.2, 0.25) is 0 Å². The number of aromatic nitrogens is 18. The maximum absolute atomic E-state index is 5.19. The summed E-state index contributed by atoms with van der Waals surface area (Å²) in [4.78, 5) is 87.3. The second-order valence-electron chi connectivity index (χ2n) is 36.1. The summed E-state index contributed by atoms with van der Waals surface area (Å²) in [6.07, 6.45) is 18.2. The fraction of sp³-hybridized carbons (Fsp3) is 0. The zero-order valence-electron chi connectivity index (χ0n) is 80.5. The molecular weight excluding hydrogens is 1840 g/mol. The van der Waals surface area contributed by atoms with Crippen molar-refractivity contribution in [3.8, 4) is 203 Å². The van der Waals surface area contributed by atoms with Crippen LogP contribution in [0, 0.1) is 0 Å². The Labute approximate surface area is 863 Å². The van der Waals surface area contributed by atoms with Crippen molar-refractivity contribution in [2.24, 2.45) is 0 Å². The minimum absolute atomic E-state index is 0.583. The summed E-state index contributed by atoms with van der Waals surface area (Å²) in [7, 11) is 0. The molecule has 0 amide bonds. The molecule has 18 heteroatoms. The number of hydrogen-bond donors (Lipinski definition) is 0. The molecule has 0 aliphatic carbocycles. The number of nitrogens with zero attached hydrogens (tertiary/aromatic N) is 18. The van der Waals surface area contributed by atoms with Gasteiger partial charge in [0.15, 0.2) is 46.6 Å². The molecule has 0 bridgehead atoms. The first kappa shape index (κ1) is 90.5. The van der Waals surface area contributed by atoms with E-state index in [9.17, 15) is 0 Å². The van der Waals surface area contributed by atoms with Crippen LogP contribution < -0.4 is 0 Å². The zero-order chi connectivity index (χ0) is 99.8. The Kier molecular flexibility index (Phi) is 24.7. The van der Waals surface area contributed by atoms with Crippen LogP contribution in [0.4, 0.5) is 0 Å². The maximum atomic E-state index is 5.19. The largest absolute Gasteiger partial charge is 0.256 e. The van der Waals surface area contributed by atoms with Crippen molar-refractivity contribution >= 4 is 65.4 Å². The molecule has 15 aromatic carbocycles. The first-order chi connectivity index (χ1) is 74.3. The van der Waals surface area contributed by atoms with E-state index in [2.05, 4.69) is 232 Å². The van der Waals surface area contributed by atoms with Crippen LogP contribution in [0.2, 0.25) is 0 Å². The monoisotopic (exact) mass is 1920 g/mol. The van der Waals surface area contributed by atoms with Crippen LogP contribution in [0.25, 0.3) is 268 Å². The molecule has 12 aromatic heterocycles. The van der Waals surface area contributed by atoms with E-state index in [4.69, 9.17) is 69.8 Å². The van der Waals surface area contributed by atoms with Gasteiger partial charge in [-0.3, -0.25) is 39.9 Å². The number of benzene rings is 15. The lowest BCUT2D eigenvalue weighted by Gasteiger charge is -2.15. The second kappa shape index (κ2) is 40.9. The Balaban J connectivity index is 0.000000116. The maximum Gasteiger partial charge on any atom is 0.164 e. The topological polar surface area (TPSA) is 232 Å². The van der Waals surface area contributed by atoms with E-state index < -0.39 is 0 Å². The molecule has 18 nitrogen and oxygen atoms in total. The summed E-state index contributed by atoms with van der Waals surface area (Å²) in [5.41, 5.74) is 32.7. The molecule has 0 saturated heterocycles. The van der Waals surface area contributed by atoms with E-state index in [0.717, 1.165) is 222 Å². The molecule has 0 unspecified atom stereocenters. The van der Waals surface area contributed by atoms with E-state index >= 15 is 0 Å². The predicted octanol–water partition coefficient (Wildman–Crippen LogP) is 31.1. The van der Waals surface area contributed by atoms with Crippen LogP contribution in [-0.4, -0.2) is 89.7 Å². The van der Waals surface area contributed by atoms with Crippen LogP contribution in [0.5, 0.6) is 0 Å². The molecular formula is C132H84N18. The van der Waals surface area contributed by atoms with Gasteiger partial charge in [-0.25, -0.2) is 49.8 Å². The molecule has 0 saturated carbocycles. The summed E-state index contributed by atoms with van der Waals surface area (Å²) in [5.74, 6) is 4.97. The molecule has 27 rings (SSSR count). The second-order valence-corrected chi connectivity index (χ2v) is 36.1. The SMILES string of the molecule is c1ccc(-c2ccc(-c3cc(-c4nc(-c5ccccc5)cc(-c5ccccc5)n4)cc(-c4cc5cccnc5c5ncccc45)c3)cn2)cc1.c1ccc(-c2nc(-c3ccccc3)nc(-c3cc(-c4ccc(-c5ccccn5)cc4)cc(-c4cc5cccnc5c5ncccc45)c3)n2)cc1.c1ccc(-c2nc(-c3ccccc3)nc(-c3cc(-c4ccc(-c5ncccn5)cc4)cc(-c4cc5cccnc5c5ncccc45)c3)n2)cc1. The van der Waals surface area contributed by atoms with Crippen LogP contribution >= 0.6 is 0 Å². The van der Waals surface area contributed by atoms with Gasteiger partial charge in [0.25, 0.3) is 0 Å². The average Bonchev–Trinajstić information content (AvgIpc) is 0.757. The van der Waals surface area contributed by atoms with Crippen molar-refractivity contribution in [2.75, 3.05) is 0 Å². The van der Waals surface area contributed by atoms with Gasteiger partial charge in [-0.2, -0.15) is 0 Å². The predicted molar refractivity (Wildman–Crippen MR) is 603 cm³/mol. The number of pyridine rings is 8. The van der Waals surface area contributed by atoms with Gasteiger partial charge in [0, 0.05) is 167 Å². The highest BCUT2D eigenvalue weighted by Gasteiger charge is 2.24. The van der Waals surface area contributed by atoms with E-state index in [0.29, 0.717) is 46.6 Å². The molecule has 702 valence electrons. The molecule has 0 fully saturated rings. The Morgan fingerprint density at radius 2 is 0.367 bits per heavy atom. The van der Waals surface area contributed by atoms with E-state index in [1.165, 1.54) is 0 Å². The van der Waals surface area contributed by atoms with Gasteiger partial charge < -0.3 is 0 Å². The van der Waals surface area contributed by atoms with Crippen molar-refractivity contribution in [3.63, 3.8) is 0 Å². The highest BCUT2D eigenvalue weighted by molar-refractivity contribution is 6.13. The fourth-order valence-corrected chi connectivity index (χ4v) is 19.2. The van der Waals surface area contributed by atoms with E-state index in [1.54, 1.807) is 12.4 Å². The minimum Gasteiger partial charge on any atom is -0.256 e. The molecule has 0 aliphatic rings. The van der Waals surface area contributed by atoms with Crippen LogP contribution in [0.3, 0.4) is 0 Å². The summed E-state index contributed by atoms with van der Waals surface area (Å²) in [5, 5.41) is 6.15. The van der Waals surface area contributed by atoms with Crippen molar-refractivity contribution in [3.05, 3.63) is 511 Å². The highest BCUT2D eigenvalue weighted by atomic mass is 15.0. The van der Waals surface area contributed by atoms with E-state index in [-0.39, 0.29) is 0 Å². The Hall–Kier alpha value is -20.8. The van der Waals surface area contributed by atoms with E-state index in [1.807, 2.05) is 286 Å². The van der Waals surface area contributed by atoms with Gasteiger partial charge in [-0.1, -0.05) is 309 Å². The average molecular weight is 1920 g/mol. The van der Waals surface area contributed by atoms with Crippen molar-refractivity contribution < 1.29 is 0 Å². The van der Waals surface area contributed by atoms with Crippen LogP contribution in [-0.2, 0) is 0 Å². The third-order valence-corrected chi connectivity index (χ3v) is 26.5. The first-order valence-electron chi connectivity index (χ1n) is 49.3. The Morgan fingerprint density at radius 1 is 0.113 bits per heavy atom. The smallest absolute Gasteiger partial charge is 0.164 e. The van der Waals surface area contributed by atoms with Gasteiger partial charge in [-0.05, 0) is 201 Å². The van der Waals surface area contributed by atoms with Crippen LogP contribution in [0.15, 0.2) is 511 Å². The number of hydrogen-bond acceptors (Lipinski definition) is 18. The molecule has 0 atom stereocenters.